The molecule has 0 bridgehead atoms. The molecule has 0 radical (unpaired) electrons. The van der Waals surface area contributed by atoms with Gasteiger partial charge in [0.25, 0.3) is 0 Å². The fraction of sp³-hybridized carbons (Fsp3) is 0.0741. The van der Waals surface area contributed by atoms with Crippen molar-refractivity contribution in [3.63, 3.8) is 0 Å². The topological polar surface area (TPSA) is 9.86 Å². The summed E-state index contributed by atoms with van der Waals surface area (Å²) in [5.41, 5.74) is 12.6. The van der Waals surface area contributed by atoms with Crippen LogP contribution in [0.1, 0.15) is 24.3 Å². The van der Waals surface area contributed by atoms with Gasteiger partial charge >= 0.3 is 0 Å². The molecular formula is C54H38N2. The van der Waals surface area contributed by atoms with Crippen LogP contribution >= 0.6 is 0 Å². The number of hydrogen-bond donors (Lipinski definition) is 0. The fourth-order valence-corrected chi connectivity index (χ4v) is 10.2. The number of benzene rings is 8. The maximum Gasteiger partial charge on any atom is 0.0789 e. The summed E-state index contributed by atoms with van der Waals surface area (Å²) in [6.07, 6.45) is 14.1. The molecule has 0 aliphatic heterocycles. The molecule has 2 atom stereocenters. The average Bonchev–Trinajstić information content (AvgIpc) is 3.79. The van der Waals surface area contributed by atoms with Crippen molar-refractivity contribution >= 4 is 65.2 Å². The van der Waals surface area contributed by atoms with Gasteiger partial charge in [0.05, 0.1) is 22.1 Å². The number of aromatic nitrogens is 2. The SMILES string of the molecule is C1=CC(c2cc3c(c4ccccc24)c2ccc4c5ccc(-c6cccc7ccccc67)cc5n(-c5ccccc5)c4c2n3-c2ccccc2)C2CCC=CC2=C1. The van der Waals surface area contributed by atoms with Crippen molar-refractivity contribution < 1.29 is 0 Å². The molecule has 2 aromatic heterocycles. The molecule has 2 heteroatoms. The number of hydrogen-bond acceptors (Lipinski definition) is 0. The molecule has 8 aromatic carbocycles. The van der Waals surface area contributed by atoms with Crippen LogP contribution in [-0.2, 0) is 0 Å². The predicted octanol–water partition coefficient (Wildman–Crippen LogP) is 14.4. The molecule has 0 saturated heterocycles. The van der Waals surface area contributed by atoms with Gasteiger partial charge in [-0.15, -0.1) is 0 Å². The highest BCUT2D eigenvalue weighted by molar-refractivity contribution is 6.29. The Labute approximate surface area is 325 Å². The minimum atomic E-state index is 0.305. The molecule has 0 fully saturated rings. The van der Waals surface area contributed by atoms with Crippen LogP contribution in [0, 0.1) is 5.92 Å². The van der Waals surface area contributed by atoms with Crippen molar-refractivity contribution in [2.75, 3.05) is 0 Å². The Kier molecular flexibility index (Phi) is 6.91. The number of rotatable bonds is 4. The van der Waals surface area contributed by atoms with E-state index in [4.69, 9.17) is 0 Å². The standard InChI is InChI=1S/C54H38N2/c1-3-19-38(20-4-1)55-50-33-37(42-27-13-17-35-15-7-9-23-40(35)42)29-30-45(50)47-31-32-48-52-46-26-12-11-25-44(46)49(43-28-14-18-36-16-8-10-24-41(36)43)34-51(52)56(54(48)53(47)55)39-21-5-2-6-22-39/h1-9,11-23,25-34,41,43H,10,24H2. The number of allylic oxidation sites excluding steroid dienone is 6. The zero-order valence-corrected chi connectivity index (χ0v) is 30.9. The Morgan fingerprint density at radius 3 is 1.98 bits per heavy atom. The highest BCUT2D eigenvalue weighted by atomic mass is 15.0. The molecule has 12 rings (SSSR count). The van der Waals surface area contributed by atoms with Crippen LogP contribution in [-0.4, -0.2) is 9.13 Å². The second kappa shape index (κ2) is 12.3. The number of para-hydroxylation sites is 2. The summed E-state index contributed by atoms with van der Waals surface area (Å²) in [6.45, 7) is 0. The van der Waals surface area contributed by atoms with Gasteiger partial charge in [-0.05, 0) is 99.0 Å². The lowest BCUT2D eigenvalue weighted by atomic mass is 9.72. The van der Waals surface area contributed by atoms with E-state index in [-0.39, 0.29) is 0 Å². The van der Waals surface area contributed by atoms with Gasteiger partial charge in [-0.1, -0.05) is 158 Å². The first-order chi connectivity index (χ1) is 27.8. The maximum atomic E-state index is 2.57. The average molecular weight is 715 g/mol. The first-order valence-electron chi connectivity index (χ1n) is 19.9. The van der Waals surface area contributed by atoms with E-state index in [1.54, 1.807) is 0 Å². The summed E-state index contributed by atoms with van der Waals surface area (Å²) < 4.78 is 5.09. The minimum Gasteiger partial charge on any atom is -0.307 e. The van der Waals surface area contributed by atoms with Crippen LogP contribution in [0.25, 0.3) is 87.7 Å². The third-order valence-corrected chi connectivity index (χ3v) is 12.6. The molecule has 56 heavy (non-hydrogen) atoms. The monoisotopic (exact) mass is 714 g/mol. The van der Waals surface area contributed by atoms with Gasteiger partial charge in [-0.2, -0.15) is 0 Å². The molecule has 0 amide bonds. The van der Waals surface area contributed by atoms with Crippen molar-refractivity contribution in [1.82, 2.24) is 9.13 Å². The highest BCUT2D eigenvalue weighted by Crippen LogP contribution is 2.48. The Balaban J connectivity index is 1.24. The second-order valence-corrected chi connectivity index (χ2v) is 15.5. The summed E-state index contributed by atoms with van der Waals surface area (Å²) in [6, 6.07) is 60.9. The van der Waals surface area contributed by atoms with Crippen molar-refractivity contribution in [2.45, 2.75) is 18.8 Å². The van der Waals surface area contributed by atoms with Crippen LogP contribution in [0.5, 0.6) is 0 Å². The summed E-state index contributed by atoms with van der Waals surface area (Å²) in [5, 5.41) is 10.3. The smallest absolute Gasteiger partial charge is 0.0789 e. The zero-order valence-electron chi connectivity index (χ0n) is 30.9. The molecule has 2 heterocycles. The van der Waals surface area contributed by atoms with E-state index < -0.39 is 0 Å². The second-order valence-electron chi connectivity index (χ2n) is 15.5. The molecule has 10 aromatic rings. The van der Waals surface area contributed by atoms with Crippen molar-refractivity contribution in [3.8, 4) is 22.5 Å². The van der Waals surface area contributed by atoms with Gasteiger partial charge in [0.15, 0.2) is 0 Å². The first-order valence-corrected chi connectivity index (χ1v) is 19.9. The van der Waals surface area contributed by atoms with Gasteiger partial charge in [0, 0.05) is 38.8 Å². The van der Waals surface area contributed by atoms with E-state index in [0.29, 0.717) is 11.8 Å². The first kappa shape index (κ1) is 31.5. The van der Waals surface area contributed by atoms with Crippen LogP contribution in [0.4, 0.5) is 0 Å². The van der Waals surface area contributed by atoms with E-state index in [2.05, 4.69) is 203 Å². The molecular weight excluding hydrogens is 677 g/mol. The quantitative estimate of drug-likeness (QED) is 0.172. The van der Waals surface area contributed by atoms with E-state index in [1.165, 1.54) is 99.5 Å². The largest absolute Gasteiger partial charge is 0.307 e. The summed E-state index contributed by atoms with van der Waals surface area (Å²) >= 11 is 0. The van der Waals surface area contributed by atoms with Crippen molar-refractivity contribution in [3.05, 3.63) is 205 Å². The third kappa shape index (κ3) is 4.56. The molecule has 2 aliphatic carbocycles. The molecule has 2 nitrogen and oxygen atoms in total. The van der Waals surface area contributed by atoms with Crippen LogP contribution in [0.2, 0.25) is 0 Å². The lowest BCUT2D eigenvalue weighted by Gasteiger charge is -2.31. The van der Waals surface area contributed by atoms with E-state index in [0.717, 1.165) is 12.1 Å². The molecule has 0 spiro atoms. The van der Waals surface area contributed by atoms with E-state index in [9.17, 15) is 0 Å². The van der Waals surface area contributed by atoms with E-state index in [1.807, 2.05) is 0 Å². The lowest BCUT2D eigenvalue weighted by Crippen LogP contribution is -2.17. The Bertz CT molecular complexity index is 3290. The normalized spacial score (nSPS) is 16.8. The number of fused-ring (bicyclic) bond motifs is 11. The summed E-state index contributed by atoms with van der Waals surface area (Å²) in [4.78, 5) is 0. The molecule has 2 aliphatic rings. The molecule has 0 N–H and O–H groups in total. The minimum absolute atomic E-state index is 0.305. The molecule has 0 saturated carbocycles. The fourth-order valence-electron chi connectivity index (χ4n) is 10.2. The maximum absolute atomic E-state index is 2.57. The van der Waals surface area contributed by atoms with E-state index >= 15 is 0 Å². The van der Waals surface area contributed by atoms with Gasteiger partial charge in [-0.25, -0.2) is 0 Å². The van der Waals surface area contributed by atoms with Crippen LogP contribution in [0.3, 0.4) is 0 Å². The van der Waals surface area contributed by atoms with Crippen molar-refractivity contribution in [1.29, 1.82) is 0 Å². The summed E-state index contributed by atoms with van der Waals surface area (Å²) in [7, 11) is 0. The Hall–Kier alpha value is -6.90. The van der Waals surface area contributed by atoms with Crippen LogP contribution in [0.15, 0.2) is 200 Å². The Morgan fingerprint density at radius 1 is 0.500 bits per heavy atom. The third-order valence-electron chi connectivity index (χ3n) is 12.6. The van der Waals surface area contributed by atoms with Crippen LogP contribution < -0.4 is 0 Å². The zero-order chi connectivity index (χ0) is 36.7. The lowest BCUT2D eigenvalue weighted by molar-refractivity contribution is 0.509. The van der Waals surface area contributed by atoms with Gasteiger partial charge < -0.3 is 9.13 Å². The Morgan fingerprint density at radius 2 is 1.16 bits per heavy atom. The molecule has 264 valence electrons. The van der Waals surface area contributed by atoms with Gasteiger partial charge in [0.2, 0.25) is 0 Å². The van der Waals surface area contributed by atoms with Gasteiger partial charge in [0.1, 0.15) is 0 Å². The predicted molar refractivity (Wildman–Crippen MR) is 237 cm³/mol. The molecule has 2 unspecified atom stereocenters. The highest BCUT2D eigenvalue weighted by Gasteiger charge is 2.30. The summed E-state index contributed by atoms with van der Waals surface area (Å²) in [5.74, 6) is 0.781. The van der Waals surface area contributed by atoms with Crippen molar-refractivity contribution in [2.24, 2.45) is 5.92 Å². The van der Waals surface area contributed by atoms with Gasteiger partial charge in [-0.3, -0.25) is 0 Å². The number of nitrogens with zero attached hydrogens (tertiary/aromatic N) is 2.